The Hall–Kier alpha value is -2.37. The second-order valence-corrected chi connectivity index (χ2v) is 4.25. The number of hydrogen-bond acceptors (Lipinski definition) is 4. The summed E-state index contributed by atoms with van der Waals surface area (Å²) in [6.07, 6.45) is 0.333. The highest BCUT2D eigenvalue weighted by Gasteiger charge is 2.43. The molecular formula is C12H12N3O3-. The quantitative estimate of drug-likeness (QED) is 0.480. The summed E-state index contributed by atoms with van der Waals surface area (Å²) in [7, 11) is 0. The van der Waals surface area contributed by atoms with Crippen LogP contribution in [0.3, 0.4) is 0 Å². The third-order valence-corrected chi connectivity index (χ3v) is 2.89. The van der Waals surface area contributed by atoms with Crippen LogP contribution in [0.15, 0.2) is 24.3 Å². The summed E-state index contributed by atoms with van der Waals surface area (Å²) in [5.74, 6) is -2.71. The van der Waals surface area contributed by atoms with Gasteiger partial charge in [-0.1, -0.05) is 0 Å². The molecule has 0 saturated heterocycles. The fourth-order valence-electron chi connectivity index (χ4n) is 1.71. The van der Waals surface area contributed by atoms with Crippen LogP contribution < -0.4 is 16.2 Å². The normalized spacial score (nSPS) is 21.1. The van der Waals surface area contributed by atoms with E-state index in [1.54, 1.807) is 24.3 Å². The molecule has 2 atom stereocenters. The number of anilines is 1. The molecule has 1 aliphatic carbocycles. The summed E-state index contributed by atoms with van der Waals surface area (Å²) >= 11 is 0. The first-order valence-electron chi connectivity index (χ1n) is 5.45. The van der Waals surface area contributed by atoms with Gasteiger partial charge in [-0.25, -0.2) is 0 Å². The van der Waals surface area contributed by atoms with Gasteiger partial charge < -0.3 is 21.0 Å². The number of carboxylic acid groups (broad SMARTS) is 1. The van der Waals surface area contributed by atoms with Gasteiger partial charge in [-0.05, 0) is 30.7 Å². The molecule has 1 aromatic carbocycles. The molecule has 1 fully saturated rings. The molecule has 1 aromatic rings. The number of nitrogen functional groups attached to an aromatic ring is 1. The molecule has 6 nitrogen and oxygen atoms in total. The Labute approximate surface area is 103 Å². The van der Waals surface area contributed by atoms with Crippen molar-refractivity contribution in [2.45, 2.75) is 6.42 Å². The van der Waals surface area contributed by atoms with Gasteiger partial charge in [0.25, 0.3) is 0 Å². The molecule has 0 heterocycles. The van der Waals surface area contributed by atoms with Crippen molar-refractivity contribution in [3.8, 4) is 0 Å². The van der Waals surface area contributed by atoms with Crippen LogP contribution in [0.5, 0.6) is 0 Å². The zero-order valence-corrected chi connectivity index (χ0v) is 9.47. The number of carbonyl (C=O) groups is 2. The zero-order chi connectivity index (χ0) is 13.3. The van der Waals surface area contributed by atoms with E-state index in [9.17, 15) is 14.7 Å². The van der Waals surface area contributed by atoms with Crippen molar-refractivity contribution in [3.05, 3.63) is 29.8 Å². The zero-order valence-electron chi connectivity index (χ0n) is 9.47. The molecule has 1 saturated carbocycles. The van der Waals surface area contributed by atoms with Gasteiger partial charge in [0.1, 0.15) is 5.84 Å². The Kier molecular flexibility index (Phi) is 3.01. The van der Waals surface area contributed by atoms with Crippen molar-refractivity contribution >= 4 is 23.4 Å². The van der Waals surface area contributed by atoms with Gasteiger partial charge in [-0.3, -0.25) is 10.2 Å². The van der Waals surface area contributed by atoms with Crippen molar-refractivity contribution in [3.63, 3.8) is 0 Å². The van der Waals surface area contributed by atoms with Crippen LogP contribution in [0.2, 0.25) is 0 Å². The maximum atomic E-state index is 11.6. The Morgan fingerprint density at radius 1 is 1.28 bits per heavy atom. The highest BCUT2D eigenvalue weighted by Crippen LogP contribution is 2.38. The van der Waals surface area contributed by atoms with Crippen LogP contribution >= 0.6 is 0 Å². The molecule has 0 radical (unpaired) electrons. The summed E-state index contributed by atoms with van der Waals surface area (Å²) in [5.41, 5.74) is 6.41. The fourth-order valence-corrected chi connectivity index (χ4v) is 1.71. The number of benzene rings is 1. The van der Waals surface area contributed by atoms with E-state index in [1.807, 2.05) is 0 Å². The van der Waals surface area contributed by atoms with Gasteiger partial charge in [0.05, 0.1) is 0 Å². The number of carboxylic acids is 1. The Bertz CT molecular complexity index is 510. The van der Waals surface area contributed by atoms with Crippen LogP contribution in [-0.2, 0) is 9.59 Å². The van der Waals surface area contributed by atoms with E-state index < -0.39 is 17.8 Å². The third kappa shape index (κ3) is 2.48. The summed E-state index contributed by atoms with van der Waals surface area (Å²) in [5, 5.41) is 20.4. The molecule has 0 aromatic heterocycles. The van der Waals surface area contributed by atoms with Gasteiger partial charge in [0.15, 0.2) is 0 Å². The fraction of sp³-hybridized carbons (Fsp3) is 0.250. The predicted octanol–water partition coefficient (Wildman–Crippen LogP) is -0.705. The van der Waals surface area contributed by atoms with Crippen molar-refractivity contribution < 1.29 is 14.7 Å². The highest BCUT2D eigenvalue weighted by atomic mass is 16.4. The number of amides is 1. The molecule has 0 spiro atoms. The molecule has 2 unspecified atom stereocenters. The number of rotatable bonds is 4. The molecule has 1 amide bonds. The molecule has 0 aliphatic heterocycles. The predicted molar refractivity (Wildman–Crippen MR) is 62.7 cm³/mol. The summed E-state index contributed by atoms with van der Waals surface area (Å²) < 4.78 is 0. The molecule has 4 N–H and O–H groups in total. The number of aliphatic carboxylic acids is 1. The van der Waals surface area contributed by atoms with Gasteiger partial charge in [-0.15, -0.1) is 0 Å². The Morgan fingerprint density at radius 2 is 1.89 bits per heavy atom. The van der Waals surface area contributed by atoms with Crippen LogP contribution in [-0.4, -0.2) is 17.7 Å². The SMILES string of the molecule is N=C(N)c1ccc(NC(=O)C2CC2C(=O)[O-])cc1. The van der Waals surface area contributed by atoms with Crippen molar-refractivity contribution in [2.24, 2.45) is 17.6 Å². The second-order valence-electron chi connectivity index (χ2n) is 4.25. The first-order chi connectivity index (χ1) is 8.49. The molecule has 6 heteroatoms. The summed E-state index contributed by atoms with van der Waals surface area (Å²) in [6.45, 7) is 0. The van der Waals surface area contributed by atoms with E-state index in [2.05, 4.69) is 5.32 Å². The largest absolute Gasteiger partial charge is 0.550 e. The highest BCUT2D eigenvalue weighted by molar-refractivity contribution is 5.99. The smallest absolute Gasteiger partial charge is 0.228 e. The number of amidine groups is 1. The third-order valence-electron chi connectivity index (χ3n) is 2.89. The van der Waals surface area contributed by atoms with E-state index in [1.165, 1.54) is 0 Å². The average Bonchev–Trinajstić information content (AvgIpc) is 3.09. The first kappa shape index (κ1) is 12.1. The van der Waals surface area contributed by atoms with E-state index in [-0.39, 0.29) is 11.7 Å². The van der Waals surface area contributed by atoms with Crippen molar-refractivity contribution in [1.29, 1.82) is 5.41 Å². The van der Waals surface area contributed by atoms with Gasteiger partial charge in [0.2, 0.25) is 5.91 Å². The number of carbonyl (C=O) groups excluding carboxylic acids is 2. The standard InChI is InChI=1S/C12H13N3O3/c13-10(14)6-1-3-7(4-2-6)15-11(16)8-5-9(8)12(17)18/h1-4,8-9H,5H2,(H3,13,14)(H,15,16)(H,17,18)/p-1. The molecule has 1 aliphatic rings. The average molecular weight is 246 g/mol. The number of hydrogen-bond donors (Lipinski definition) is 3. The van der Waals surface area contributed by atoms with E-state index in [0.29, 0.717) is 17.7 Å². The Morgan fingerprint density at radius 3 is 2.33 bits per heavy atom. The van der Waals surface area contributed by atoms with E-state index >= 15 is 0 Å². The maximum Gasteiger partial charge on any atom is 0.228 e. The monoisotopic (exact) mass is 246 g/mol. The Balaban J connectivity index is 1.96. The summed E-state index contributed by atoms with van der Waals surface area (Å²) in [4.78, 5) is 22.2. The van der Waals surface area contributed by atoms with Gasteiger partial charge >= 0.3 is 0 Å². The minimum Gasteiger partial charge on any atom is -0.550 e. The lowest BCUT2D eigenvalue weighted by Crippen LogP contribution is -2.27. The van der Waals surface area contributed by atoms with Crippen molar-refractivity contribution in [2.75, 3.05) is 5.32 Å². The van der Waals surface area contributed by atoms with Crippen LogP contribution in [0.25, 0.3) is 0 Å². The van der Waals surface area contributed by atoms with Crippen LogP contribution in [0, 0.1) is 17.2 Å². The lowest BCUT2D eigenvalue weighted by atomic mass is 10.2. The van der Waals surface area contributed by atoms with Crippen LogP contribution in [0.4, 0.5) is 5.69 Å². The number of nitrogens with one attached hydrogen (secondary N) is 2. The molecule has 94 valence electrons. The molecule has 2 rings (SSSR count). The summed E-state index contributed by atoms with van der Waals surface area (Å²) in [6, 6.07) is 6.46. The molecular weight excluding hydrogens is 234 g/mol. The molecule has 18 heavy (non-hydrogen) atoms. The van der Waals surface area contributed by atoms with Gasteiger partial charge in [0, 0.05) is 29.1 Å². The first-order valence-corrected chi connectivity index (χ1v) is 5.45. The van der Waals surface area contributed by atoms with E-state index in [0.717, 1.165) is 0 Å². The second kappa shape index (κ2) is 4.48. The minimum atomic E-state index is -1.18. The van der Waals surface area contributed by atoms with Gasteiger partial charge in [-0.2, -0.15) is 0 Å². The van der Waals surface area contributed by atoms with Crippen LogP contribution in [0.1, 0.15) is 12.0 Å². The lowest BCUT2D eigenvalue weighted by molar-refractivity contribution is -0.308. The molecule has 0 bridgehead atoms. The van der Waals surface area contributed by atoms with Crippen molar-refractivity contribution in [1.82, 2.24) is 0 Å². The number of nitrogens with two attached hydrogens (primary N) is 1. The lowest BCUT2D eigenvalue weighted by Gasteiger charge is -2.06. The maximum absolute atomic E-state index is 11.6. The van der Waals surface area contributed by atoms with E-state index in [4.69, 9.17) is 11.1 Å². The topological polar surface area (TPSA) is 119 Å². The minimum absolute atomic E-state index is 0.0490.